The third-order valence-electron chi connectivity index (χ3n) is 3.30. The van der Waals surface area contributed by atoms with Crippen LogP contribution < -0.4 is 10.5 Å². The highest BCUT2D eigenvalue weighted by molar-refractivity contribution is 7.88. The van der Waals surface area contributed by atoms with Gasteiger partial charge in [0.15, 0.2) is 6.04 Å². The normalized spacial score (nSPS) is 20.9. The molecule has 1 rings (SSSR count). The predicted octanol–water partition coefficient (Wildman–Crippen LogP) is -1.19. The van der Waals surface area contributed by atoms with Crippen LogP contribution in [0.15, 0.2) is 0 Å². The first kappa shape index (κ1) is 17.9. The van der Waals surface area contributed by atoms with Crippen molar-refractivity contribution in [3.63, 3.8) is 0 Å². The van der Waals surface area contributed by atoms with Crippen LogP contribution >= 0.6 is 0 Å². The molecule has 0 radical (unpaired) electrons. The molecular weight excluding hydrogens is 298 g/mol. The number of nitrogens with one attached hydrogen (secondary N) is 1. The van der Waals surface area contributed by atoms with Gasteiger partial charge in [-0.2, -0.15) is 0 Å². The Morgan fingerprint density at radius 1 is 1.43 bits per heavy atom. The lowest BCUT2D eigenvalue weighted by atomic mass is 10.0. The number of hydrogen-bond donors (Lipinski definition) is 2. The SMILES string of the molecule is CCOC(=O)C(N)C(=O)N1CCCCC1CNS(C)(=O)=O. The molecule has 0 aromatic rings. The number of carbonyl (C=O) groups excluding carboxylic acids is 2. The van der Waals surface area contributed by atoms with E-state index in [1.807, 2.05) is 0 Å². The van der Waals surface area contributed by atoms with Crippen molar-refractivity contribution in [1.29, 1.82) is 0 Å². The molecule has 2 atom stereocenters. The van der Waals surface area contributed by atoms with E-state index >= 15 is 0 Å². The standard InChI is InChI=1S/C12H23N3O5S/c1-3-20-12(17)10(13)11(16)15-7-5-4-6-9(15)8-14-21(2,18)19/h9-10,14H,3-8,13H2,1-2H3. The fourth-order valence-electron chi connectivity index (χ4n) is 2.26. The minimum Gasteiger partial charge on any atom is -0.464 e. The van der Waals surface area contributed by atoms with E-state index < -0.39 is 27.9 Å². The van der Waals surface area contributed by atoms with Crippen LogP contribution in [0.5, 0.6) is 0 Å². The molecule has 0 aromatic heterocycles. The largest absolute Gasteiger partial charge is 0.464 e. The number of ether oxygens (including phenoxy) is 1. The molecule has 1 amide bonds. The number of sulfonamides is 1. The number of nitrogens with two attached hydrogens (primary N) is 1. The second kappa shape index (κ2) is 7.71. The zero-order valence-corrected chi connectivity index (χ0v) is 13.2. The van der Waals surface area contributed by atoms with Crippen LogP contribution in [-0.2, 0) is 24.3 Å². The van der Waals surface area contributed by atoms with Crippen molar-refractivity contribution < 1.29 is 22.7 Å². The second-order valence-electron chi connectivity index (χ2n) is 5.03. The molecule has 0 aliphatic carbocycles. The van der Waals surface area contributed by atoms with Crippen LogP contribution in [0.25, 0.3) is 0 Å². The first-order valence-electron chi connectivity index (χ1n) is 6.93. The Kier molecular flexibility index (Phi) is 6.56. The molecule has 122 valence electrons. The minimum atomic E-state index is -3.33. The van der Waals surface area contributed by atoms with Gasteiger partial charge in [-0.3, -0.25) is 4.79 Å². The molecule has 0 saturated carbocycles. The summed E-state index contributed by atoms with van der Waals surface area (Å²) in [6.07, 6.45) is 3.43. The molecule has 1 saturated heterocycles. The second-order valence-corrected chi connectivity index (χ2v) is 6.86. The van der Waals surface area contributed by atoms with Crippen LogP contribution in [0.3, 0.4) is 0 Å². The Morgan fingerprint density at radius 3 is 2.67 bits per heavy atom. The van der Waals surface area contributed by atoms with Crippen LogP contribution in [0.2, 0.25) is 0 Å². The number of esters is 1. The highest BCUT2D eigenvalue weighted by Gasteiger charge is 2.34. The van der Waals surface area contributed by atoms with Crippen molar-refractivity contribution in [3.05, 3.63) is 0 Å². The number of likely N-dealkylation sites (tertiary alicyclic amines) is 1. The van der Waals surface area contributed by atoms with Crippen molar-refractivity contribution >= 4 is 21.9 Å². The average Bonchev–Trinajstić information content (AvgIpc) is 2.43. The highest BCUT2D eigenvalue weighted by Crippen LogP contribution is 2.17. The maximum absolute atomic E-state index is 12.3. The summed E-state index contributed by atoms with van der Waals surface area (Å²) in [6.45, 7) is 2.37. The van der Waals surface area contributed by atoms with Crippen molar-refractivity contribution in [3.8, 4) is 0 Å². The Labute approximate surface area is 125 Å². The number of hydrogen-bond acceptors (Lipinski definition) is 6. The number of amides is 1. The fraction of sp³-hybridized carbons (Fsp3) is 0.833. The summed E-state index contributed by atoms with van der Waals surface area (Å²) < 4.78 is 29.5. The maximum Gasteiger partial charge on any atom is 0.332 e. The van der Waals surface area contributed by atoms with Crippen LogP contribution in [0.1, 0.15) is 26.2 Å². The summed E-state index contributed by atoms with van der Waals surface area (Å²) in [5, 5.41) is 0. The third kappa shape index (κ3) is 5.60. The Bertz CT molecular complexity index is 479. The van der Waals surface area contributed by atoms with Gasteiger partial charge in [0.05, 0.1) is 12.9 Å². The lowest BCUT2D eigenvalue weighted by Crippen LogP contribution is -2.56. The van der Waals surface area contributed by atoms with Gasteiger partial charge in [0.1, 0.15) is 0 Å². The molecule has 9 heteroatoms. The molecular formula is C12H23N3O5S. The van der Waals surface area contributed by atoms with Gasteiger partial charge < -0.3 is 15.4 Å². The van der Waals surface area contributed by atoms with E-state index in [4.69, 9.17) is 10.5 Å². The Balaban J connectivity index is 2.71. The molecule has 1 aliphatic heterocycles. The van der Waals surface area contributed by atoms with Crippen molar-refractivity contribution in [2.24, 2.45) is 5.73 Å². The minimum absolute atomic E-state index is 0.125. The average molecular weight is 321 g/mol. The number of carbonyl (C=O) groups is 2. The number of rotatable bonds is 6. The van der Waals surface area contributed by atoms with Gasteiger partial charge in [0.2, 0.25) is 10.0 Å². The molecule has 2 unspecified atom stereocenters. The molecule has 1 aliphatic rings. The van der Waals surface area contributed by atoms with E-state index in [1.165, 1.54) is 4.90 Å². The van der Waals surface area contributed by atoms with Crippen molar-refractivity contribution in [1.82, 2.24) is 9.62 Å². The van der Waals surface area contributed by atoms with Gasteiger partial charge in [-0.05, 0) is 26.2 Å². The van der Waals surface area contributed by atoms with Gasteiger partial charge in [-0.1, -0.05) is 0 Å². The highest BCUT2D eigenvalue weighted by atomic mass is 32.2. The molecule has 0 aromatic carbocycles. The molecule has 1 fully saturated rings. The van der Waals surface area contributed by atoms with Gasteiger partial charge in [-0.15, -0.1) is 0 Å². The molecule has 0 spiro atoms. The summed E-state index contributed by atoms with van der Waals surface area (Å²) in [5.41, 5.74) is 5.62. The van der Waals surface area contributed by atoms with Crippen LogP contribution in [-0.4, -0.2) is 63.2 Å². The van der Waals surface area contributed by atoms with E-state index in [1.54, 1.807) is 6.92 Å². The zero-order valence-electron chi connectivity index (χ0n) is 12.4. The first-order valence-corrected chi connectivity index (χ1v) is 8.82. The number of nitrogens with zero attached hydrogens (tertiary/aromatic N) is 1. The maximum atomic E-state index is 12.3. The molecule has 1 heterocycles. The lowest BCUT2D eigenvalue weighted by molar-refractivity contribution is -0.152. The summed E-state index contributed by atoms with van der Waals surface area (Å²) in [5.74, 6) is -1.28. The van der Waals surface area contributed by atoms with E-state index in [0.717, 1.165) is 19.1 Å². The topological polar surface area (TPSA) is 119 Å². The van der Waals surface area contributed by atoms with Gasteiger partial charge in [0.25, 0.3) is 5.91 Å². The summed E-state index contributed by atoms with van der Waals surface area (Å²) in [7, 11) is -3.33. The van der Waals surface area contributed by atoms with Crippen LogP contribution in [0, 0.1) is 0 Å². The van der Waals surface area contributed by atoms with E-state index in [9.17, 15) is 18.0 Å². The van der Waals surface area contributed by atoms with E-state index in [0.29, 0.717) is 13.0 Å². The summed E-state index contributed by atoms with van der Waals surface area (Å²) in [4.78, 5) is 25.3. The van der Waals surface area contributed by atoms with Crippen molar-refractivity contribution in [2.75, 3.05) is 26.0 Å². The van der Waals surface area contributed by atoms with Crippen LogP contribution in [0.4, 0.5) is 0 Å². The summed E-state index contributed by atoms with van der Waals surface area (Å²) in [6, 6.07) is -1.65. The predicted molar refractivity (Wildman–Crippen MR) is 76.8 cm³/mol. The fourth-order valence-corrected chi connectivity index (χ4v) is 2.76. The Hall–Kier alpha value is -1.19. The third-order valence-corrected chi connectivity index (χ3v) is 3.99. The van der Waals surface area contributed by atoms with Gasteiger partial charge in [-0.25, -0.2) is 17.9 Å². The smallest absolute Gasteiger partial charge is 0.332 e. The van der Waals surface area contributed by atoms with Gasteiger partial charge in [0, 0.05) is 19.1 Å². The first-order chi connectivity index (χ1) is 9.76. The number of piperidine rings is 1. The molecule has 21 heavy (non-hydrogen) atoms. The van der Waals surface area contributed by atoms with E-state index in [-0.39, 0.29) is 19.2 Å². The van der Waals surface area contributed by atoms with E-state index in [2.05, 4.69) is 4.72 Å². The Morgan fingerprint density at radius 2 is 2.10 bits per heavy atom. The molecule has 0 bridgehead atoms. The van der Waals surface area contributed by atoms with Gasteiger partial charge >= 0.3 is 5.97 Å². The quantitative estimate of drug-likeness (QED) is 0.469. The molecule has 8 nitrogen and oxygen atoms in total. The summed E-state index contributed by atoms with van der Waals surface area (Å²) >= 11 is 0. The van der Waals surface area contributed by atoms with Crippen molar-refractivity contribution in [2.45, 2.75) is 38.3 Å². The zero-order chi connectivity index (χ0) is 16.0. The monoisotopic (exact) mass is 321 g/mol. The molecule has 3 N–H and O–H groups in total. The lowest BCUT2D eigenvalue weighted by Gasteiger charge is -2.36.